The summed E-state index contributed by atoms with van der Waals surface area (Å²) in [5, 5.41) is 9.97. The van der Waals surface area contributed by atoms with Gasteiger partial charge in [-0.25, -0.2) is 0 Å². The standard InChI is InChI=1S/C7H5BrO3.K.H2O/c8-5-3-1-2-4-6(5)11-7(9)10;;/h1-4H,(H,9,10);;1H2/q;+1;/p-1. The van der Waals surface area contributed by atoms with E-state index in [1.807, 2.05) is 0 Å². The minimum Gasteiger partial charge on any atom is -0.513 e. The van der Waals surface area contributed by atoms with Crippen molar-refractivity contribution in [3.63, 3.8) is 0 Å². The number of rotatable bonds is 1. The van der Waals surface area contributed by atoms with Gasteiger partial charge in [0.2, 0.25) is 0 Å². The molecule has 0 saturated heterocycles. The number of hydrogen-bond donors (Lipinski definition) is 0. The summed E-state index contributed by atoms with van der Waals surface area (Å²) in [5.74, 6) is 0.243. The van der Waals surface area contributed by atoms with Gasteiger partial charge in [-0.05, 0) is 28.1 Å². The number of para-hydroxylation sites is 1. The molecule has 1 rings (SSSR count). The van der Waals surface area contributed by atoms with Crippen LogP contribution in [0.25, 0.3) is 0 Å². The number of hydrogen-bond acceptors (Lipinski definition) is 3. The van der Waals surface area contributed by atoms with E-state index in [-0.39, 0.29) is 62.6 Å². The summed E-state index contributed by atoms with van der Waals surface area (Å²) in [6.45, 7) is 0. The van der Waals surface area contributed by atoms with Gasteiger partial charge in [-0.3, -0.25) is 0 Å². The summed E-state index contributed by atoms with van der Waals surface area (Å²) in [6, 6.07) is 6.63. The van der Waals surface area contributed by atoms with Crippen molar-refractivity contribution in [1.82, 2.24) is 0 Å². The van der Waals surface area contributed by atoms with Gasteiger partial charge in [-0.2, -0.15) is 0 Å². The van der Waals surface area contributed by atoms with Crippen molar-refractivity contribution in [3.05, 3.63) is 28.7 Å². The third-order valence-electron chi connectivity index (χ3n) is 1.03. The zero-order valence-electron chi connectivity index (χ0n) is 6.91. The molecule has 0 spiro atoms. The largest absolute Gasteiger partial charge is 1.00 e. The average molecular weight is 273 g/mol. The number of carboxylic acid groups (broad SMARTS) is 1. The van der Waals surface area contributed by atoms with Crippen LogP contribution in [0.5, 0.6) is 5.75 Å². The van der Waals surface area contributed by atoms with Gasteiger partial charge in [-0.15, -0.1) is 0 Å². The molecule has 2 N–H and O–H groups in total. The minimum atomic E-state index is -1.56. The quantitative estimate of drug-likeness (QED) is 0.318. The first-order valence-corrected chi connectivity index (χ1v) is 3.63. The molecule has 13 heavy (non-hydrogen) atoms. The normalized spacial score (nSPS) is 7.77. The zero-order chi connectivity index (χ0) is 8.27. The van der Waals surface area contributed by atoms with E-state index < -0.39 is 6.16 Å². The van der Waals surface area contributed by atoms with E-state index in [0.29, 0.717) is 4.47 Å². The van der Waals surface area contributed by atoms with Crippen LogP contribution in [0, 0.1) is 0 Å². The van der Waals surface area contributed by atoms with E-state index in [1.165, 1.54) is 6.07 Å². The van der Waals surface area contributed by atoms with Gasteiger partial charge < -0.3 is 20.1 Å². The second-order valence-corrected chi connectivity index (χ2v) is 2.64. The predicted molar refractivity (Wildman–Crippen MR) is 43.8 cm³/mol. The first-order valence-electron chi connectivity index (χ1n) is 2.83. The molecule has 1 aromatic rings. The molecule has 0 fully saturated rings. The number of halogens is 1. The van der Waals surface area contributed by atoms with Crippen LogP contribution in [0.15, 0.2) is 28.7 Å². The molecule has 0 aromatic heterocycles. The molecule has 0 heterocycles. The molecule has 0 amide bonds. The van der Waals surface area contributed by atoms with E-state index >= 15 is 0 Å². The predicted octanol–water partition coefficient (Wildman–Crippen LogP) is -2.65. The Kier molecular flexibility index (Phi) is 9.76. The smallest absolute Gasteiger partial charge is 0.513 e. The molecule has 0 unspecified atom stereocenters. The van der Waals surface area contributed by atoms with Crippen LogP contribution in [0.3, 0.4) is 0 Å². The van der Waals surface area contributed by atoms with Gasteiger partial charge in [0.05, 0.1) is 5.75 Å². The molecule has 0 radical (unpaired) electrons. The fraction of sp³-hybridized carbons (Fsp3) is 0. The molecule has 1 aromatic carbocycles. The van der Waals surface area contributed by atoms with Crippen molar-refractivity contribution in [3.8, 4) is 5.75 Å². The Labute approximate surface area is 126 Å². The van der Waals surface area contributed by atoms with Crippen LogP contribution < -0.4 is 61.2 Å². The summed E-state index contributed by atoms with van der Waals surface area (Å²) in [5.41, 5.74) is 0. The average Bonchev–Trinajstić information content (AvgIpc) is 1.93. The summed E-state index contributed by atoms with van der Waals surface area (Å²) >= 11 is 3.11. The maximum atomic E-state index is 9.97. The number of benzene rings is 1. The molecule has 4 nitrogen and oxygen atoms in total. The molecule has 0 saturated carbocycles. The molecule has 0 bridgehead atoms. The third-order valence-corrected chi connectivity index (χ3v) is 1.69. The fourth-order valence-corrected chi connectivity index (χ4v) is 0.983. The summed E-state index contributed by atoms with van der Waals surface area (Å²) in [7, 11) is 0. The van der Waals surface area contributed by atoms with Gasteiger partial charge in [0.15, 0.2) is 0 Å². The van der Waals surface area contributed by atoms with Crippen molar-refractivity contribution in [1.29, 1.82) is 0 Å². The molecule has 0 aliphatic heterocycles. The first-order chi connectivity index (χ1) is 5.20. The van der Waals surface area contributed by atoms with Crippen molar-refractivity contribution < 1.29 is 71.5 Å². The van der Waals surface area contributed by atoms with Crippen LogP contribution in [0.1, 0.15) is 0 Å². The Morgan fingerprint density at radius 3 is 2.38 bits per heavy atom. The number of ether oxygens (including phenoxy) is 1. The zero-order valence-corrected chi connectivity index (χ0v) is 11.6. The minimum absolute atomic E-state index is 0. The van der Waals surface area contributed by atoms with Gasteiger partial charge in [-0.1, -0.05) is 12.1 Å². The maximum Gasteiger partial charge on any atom is 1.00 e. The fourth-order valence-electron chi connectivity index (χ4n) is 0.617. The Morgan fingerprint density at radius 1 is 1.38 bits per heavy atom. The summed E-state index contributed by atoms with van der Waals surface area (Å²) < 4.78 is 4.89. The van der Waals surface area contributed by atoms with E-state index in [4.69, 9.17) is 0 Å². The second-order valence-electron chi connectivity index (χ2n) is 1.78. The Balaban J connectivity index is 0. The van der Waals surface area contributed by atoms with Gasteiger partial charge in [0.1, 0.15) is 0 Å². The van der Waals surface area contributed by atoms with Crippen LogP contribution in [-0.2, 0) is 0 Å². The SMILES string of the molecule is O.O=C([O-])Oc1ccccc1Br.[K+]. The second kappa shape index (κ2) is 7.92. The van der Waals surface area contributed by atoms with Crippen molar-refractivity contribution in [2.75, 3.05) is 0 Å². The van der Waals surface area contributed by atoms with Crippen LogP contribution in [-0.4, -0.2) is 11.6 Å². The molecule has 0 atom stereocenters. The number of carbonyl (C=O) groups is 1. The van der Waals surface area contributed by atoms with E-state index in [2.05, 4.69) is 20.7 Å². The Morgan fingerprint density at radius 2 is 1.92 bits per heavy atom. The van der Waals surface area contributed by atoms with E-state index in [1.54, 1.807) is 18.2 Å². The van der Waals surface area contributed by atoms with Crippen molar-refractivity contribution in [2.24, 2.45) is 0 Å². The third kappa shape index (κ3) is 5.79. The molecule has 0 aliphatic carbocycles. The molecule has 66 valence electrons. The van der Waals surface area contributed by atoms with Gasteiger partial charge >= 0.3 is 51.4 Å². The van der Waals surface area contributed by atoms with Crippen molar-refractivity contribution in [2.45, 2.75) is 0 Å². The van der Waals surface area contributed by atoms with Crippen LogP contribution >= 0.6 is 15.9 Å². The first kappa shape index (κ1) is 16.0. The summed E-state index contributed by atoms with van der Waals surface area (Å²) in [6.07, 6.45) is -1.56. The molecule has 6 heteroatoms. The van der Waals surface area contributed by atoms with E-state index in [9.17, 15) is 9.90 Å². The Bertz CT molecular complexity index is 279. The van der Waals surface area contributed by atoms with Gasteiger partial charge in [0, 0.05) is 4.47 Å². The molecular weight excluding hydrogens is 267 g/mol. The van der Waals surface area contributed by atoms with Crippen LogP contribution in [0.4, 0.5) is 4.79 Å². The van der Waals surface area contributed by atoms with Gasteiger partial charge in [0.25, 0.3) is 6.16 Å². The maximum absolute atomic E-state index is 9.97. The van der Waals surface area contributed by atoms with Crippen molar-refractivity contribution >= 4 is 22.1 Å². The summed E-state index contributed by atoms with van der Waals surface area (Å²) in [4.78, 5) is 9.97. The monoisotopic (exact) mass is 272 g/mol. The topological polar surface area (TPSA) is 80.9 Å². The molecular formula is C7H6BrKO4. The van der Waals surface area contributed by atoms with E-state index in [0.717, 1.165) is 0 Å². The van der Waals surface area contributed by atoms with Crippen LogP contribution in [0.2, 0.25) is 0 Å². The molecule has 0 aliphatic rings. The Hall–Kier alpha value is 0.566. The number of carbonyl (C=O) groups excluding carboxylic acids is 1.